The molecule has 0 aliphatic heterocycles. The Morgan fingerprint density at radius 1 is 1.05 bits per heavy atom. The highest BCUT2D eigenvalue weighted by Crippen LogP contribution is 2.24. The van der Waals surface area contributed by atoms with E-state index in [1.165, 1.54) is 24.8 Å². The zero-order chi connectivity index (χ0) is 15.0. The van der Waals surface area contributed by atoms with Crippen LogP contribution in [0.3, 0.4) is 0 Å². The van der Waals surface area contributed by atoms with E-state index in [4.69, 9.17) is 0 Å². The lowest BCUT2D eigenvalue weighted by atomic mass is 9.87. The van der Waals surface area contributed by atoms with Crippen molar-refractivity contribution in [2.24, 2.45) is 0 Å². The zero-order valence-electron chi connectivity index (χ0n) is 13.6. The lowest BCUT2D eigenvalue weighted by Gasteiger charge is -2.19. The van der Waals surface area contributed by atoms with Gasteiger partial charge in [-0.15, -0.1) is 0 Å². The Kier molecular flexibility index (Phi) is 6.80. The Morgan fingerprint density at radius 3 is 2.25 bits per heavy atom. The second kappa shape index (κ2) is 8.11. The topological polar surface area (TPSA) is 24.1 Å². The first kappa shape index (κ1) is 16.8. The highest BCUT2D eigenvalue weighted by molar-refractivity contribution is 5.49. The summed E-state index contributed by atoms with van der Waals surface area (Å²) in [5.41, 5.74) is 3.82. The smallest absolute Gasteiger partial charge is 0.0381 e. The van der Waals surface area contributed by atoms with Crippen LogP contribution < -0.4 is 10.6 Å². The molecule has 0 heterocycles. The number of nitrogens with one attached hydrogen (secondary N) is 2. The molecule has 0 aliphatic carbocycles. The first-order chi connectivity index (χ1) is 9.43. The fourth-order valence-corrected chi connectivity index (χ4v) is 2.14. The van der Waals surface area contributed by atoms with Crippen LogP contribution >= 0.6 is 0 Å². The van der Waals surface area contributed by atoms with Crippen LogP contribution in [0.4, 0.5) is 5.69 Å². The summed E-state index contributed by atoms with van der Waals surface area (Å²) in [5.74, 6) is 0. The Balaban J connectivity index is 2.35. The van der Waals surface area contributed by atoms with E-state index in [0.717, 1.165) is 24.4 Å². The number of hydrogen-bond acceptors (Lipinski definition) is 2. The van der Waals surface area contributed by atoms with Crippen molar-refractivity contribution < 1.29 is 0 Å². The number of hydrogen-bond donors (Lipinski definition) is 2. The lowest BCUT2D eigenvalue weighted by molar-refractivity contribution is 0.590. The van der Waals surface area contributed by atoms with Crippen LogP contribution in [-0.2, 0) is 5.41 Å². The summed E-state index contributed by atoms with van der Waals surface area (Å²) in [6.07, 6.45) is 4.74. The Hall–Kier alpha value is -1.28. The molecule has 0 bridgehead atoms. The second-order valence-corrected chi connectivity index (χ2v) is 6.47. The zero-order valence-corrected chi connectivity index (χ0v) is 13.6. The molecule has 0 spiro atoms. The minimum atomic E-state index is 0.211. The maximum absolute atomic E-state index is 4.11. The fourth-order valence-electron chi connectivity index (χ4n) is 2.14. The molecule has 112 valence electrons. The minimum Gasteiger partial charge on any atom is -0.359 e. The molecule has 0 amide bonds. The predicted octanol–water partition coefficient (Wildman–Crippen LogP) is 4.69. The maximum atomic E-state index is 4.11. The molecule has 0 fully saturated rings. The van der Waals surface area contributed by atoms with Crippen LogP contribution in [0.5, 0.6) is 0 Å². The third-order valence-corrected chi connectivity index (χ3v) is 3.48. The standard InChI is InChI=1S/C18H30N2/c1-15(9-7-6-8-14-19-5)20-17-12-10-16(11-13-17)18(2,3)4/h10-13,19-20H,1,6-9,14H2,2-5H3. The van der Waals surface area contributed by atoms with Crippen LogP contribution in [0.1, 0.15) is 52.0 Å². The van der Waals surface area contributed by atoms with E-state index in [1.54, 1.807) is 0 Å². The predicted molar refractivity (Wildman–Crippen MR) is 90.3 cm³/mol. The van der Waals surface area contributed by atoms with Crippen LogP contribution in [0.15, 0.2) is 36.5 Å². The number of allylic oxidation sites excluding steroid dienone is 1. The molecule has 1 rings (SSSR count). The van der Waals surface area contributed by atoms with Gasteiger partial charge in [0.15, 0.2) is 0 Å². The summed E-state index contributed by atoms with van der Waals surface area (Å²) < 4.78 is 0. The molecule has 0 aliphatic rings. The number of anilines is 1. The van der Waals surface area contributed by atoms with E-state index in [9.17, 15) is 0 Å². The normalized spacial score (nSPS) is 11.4. The molecule has 2 N–H and O–H groups in total. The lowest BCUT2D eigenvalue weighted by Crippen LogP contribution is -2.10. The van der Waals surface area contributed by atoms with Crippen molar-refractivity contribution in [1.82, 2.24) is 5.32 Å². The van der Waals surface area contributed by atoms with Crippen LogP contribution in [0.2, 0.25) is 0 Å². The van der Waals surface area contributed by atoms with Crippen molar-refractivity contribution >= 4 is 5.69 Å². The summed E-state index contributed by atoms with van der Waals surface area (Å²) in [6.45, 7) is 11.9. The number of benzene rings is 1. The molecule has 1 aromatic carbocycles. The van der Waals surface area contributed by atoms with Crippen molar-refractivity contribution in [3.8, 4) is 0 Å². The van der Waals surface area contributed by atoms with Crippen molar-refractivity contribution in [2.75, 3.05) is 18.9 Å². The summed E-state index contributed by atoms with van der Waals surface area (Å²) in [4.78, 5) is 0. The van der Waals surface area contributed by atoms with Crippen molar-refractivity contribution in [3.05, 3.63) is 42.1 Å². The minimum absolute atomic E-state index is 0.211. The molecule has 0 aromatic heterocycles. The Morgan fingerprint density at radius 2 is 1.70 bits per heavy atom. The van der Waals surface area contributed by atoms with Gasteiger partial charge >= 0.3 is 0 Å². The summed E-state index contributed by atoms with van der Waals surface area (Å²) in [6, 6.07) is 8.69. The van der Waals surface area contributed by atoms with Crippen molar-refractivity contribution in [1.29, 1.82) is 0 Å². The first-order valence-electron chi connectivity index (χ1n) is 7.63. The summed E-state index contributed by atoms with van der Waals surface area (Å²) >= 11 is 0. The molecule has 2 nitrogen and oxygen atoms in total. The SMILES string of the molecule is C=C(CCCCCNC)Nc1ccc(C(C)(C)C)cc1. The van der Waals surface area contributed by atoms with Gasteiger partial charge in [-0.3, -0.25) is 0 Å². The Labute approximate surface area is 124 Å². The number of unbranched alkanes of at least 4 members (excludes halogenated alkanes) is 2. The maximum Gasteiger partial charge on any atom is 0.0381 e. The molecular formula is C18H30N2. The van der Waals surface area contributed by atoms with Gasteiger partial charge in [-0.05, 0) is 56.0 Å². The largest absolute Gasteiger partial charge is 0.359 e. The van der Waals surface area contributed by atoms with Crippen molar-refractivity contribution in [3.63, 3.8) is 0 Å². The van der Waals surface area contributed by atoms with E-state index in [0.29, 0.717) is 0 Å². The van der Waals surface area contributed by atoms with Gasteiger partial charge in [0.05, 0.1) is 0 Å². The van der Waals surface area contributed by atoms with E-state index in [-0.39, 0.29) is 5.41 Å². The molecule has 1 aromatic rings. The highest BCUT2D eigenvalue weighted by atomic mass is 14.9. The van der Waals surface area contributed by atoms with E-state index < -0.39 is 0 Å². The van der Waals surface area contributed by atoms with Crippen molar-refractivity contribution in [2.45, 2.75) is 51.9 Å². The monoisotopic (exact) mass is 274 g/mol. The third kappa shape index (κ3) is 6.25. The average Bonchev–Trinajstić information content (AvgIpc) is 2.38. The fraction of sp³-hybridized carbons (Fsp3) is 0.556. The highest BCUT2D eigenvalue weighted by Gasteiger charge is 2.12. The molecule has 0 saturated heterocycles. The van der Waals surface area contributed by atoms with Gasteiger partial charge in [-0.2, -0.15) is 0 Å². The molecule has 20 heavy (non-hydrogen) atoms. The Bertz CT molecular complexity index is 398. The van der Waals surface area contributed by atoms with Gasteiger partial charge in [0.25, 0.3) is 0 Å². The average molecular weight is 274 g/mol. The molecular weight excluding hydrogens is 244 g/mol. The van der Waals surface area contributed by atoms with Gasteiger partial charge in [-0.25, -0.2) is 0 Å². The molecule has 0 radical (unpaired) electrons. The van der Waals surface area contributed by atoms with Gasteiger partial charge < -0.3 is 10.6 Å². The van der Waals surface area contributed by atoms with Crippen LogP contribution in [0.25, 0.3) is 0 Å². The molecule has 2 heteroatoms. The molecule has 0 saturated carbocycles. The first-order valence-corrected chi connectivity index (χ1v) is 7.63. The number of rotatable bonds is 8. The van der Waals surface area contributed by atoms with Gasteiger partial charge in [0.2, 0.25) is 0 Å². The third-order valence-electron chi connectivity index (χ3n) is 3.48. The molecule has 0 atom stereocenters. The summed E-state index contributed by atoms with van der Waals surface area (Å²) in [5, 5.41) is 6.58. The van der Waals surface area contributed by atoms with Gasteiger partial charge in [0, 0.05) is 11.4 Å². The van der Waals surface area contributed by atoms with Gasteiger partial charge in [-0.1, -0.05) is 45.9 Å². The second-order valence-electron chi connectivity index (χ2n) is 6.47. The van der Waals surface area contributed by atoms with E-state index in [2.05, 4.69) is 62.2 Å². The molecule has 0 unspecified atom stereocenters. The van der Waals surface area contributed by atoms with E-state index in [1.807, 2.05) is 7.05 Å². The quantitative estimate of drug-likeness (QED) is 0.672. The van der Waals surface area contributed by atoms with Crippen LogP contribution in [0, 0.1) is 0 Å². The van der Waals surface area contributed by atoms with E-state index >= 15 is 0 Å². The van der Waals surface area contributed by atoms with Crippen LogP contribution in [-0.4, -0.2) is 13.6 Å². The summed E-state index contributed by atoms with van der Waals surface area (Å²) in [7, 11) is 2.00. The van der Waals surface area contributed by atoms with Gasteiger partial charge in [0.1, 0.15) is 0 Å².